The van der Waals surface area contributed by atoms with Crippen molar-refractivity contribution >= 4 is 10.0 Å². The lowest BCUT2D eigenvalue weighted by atomic mass is 10.1. The van der Waals surface area contributed by atoms with Crippen molar-refractivity contribution in [1.82, 2.24) is 19.9 Å². The molecule has 0 aliphatic rings. The van der Waals surface area contributed by atoms with Gasteiger partial charge in [0.25, 0.3) is 0 Å². The van der Waals surface area contributed by atoms with Crippen LogP contribution in [0.1, 0.15) is 30.8 Å². The summed E-state index contributed by atoms with van der Waals surface area (Å²) >= 11 is 0. The molecule has 21 heavy (non-hydrogen) atoms. The first-order chi connectivity index (χ1) is 10.0. The fourth-order valence-electron chi connectivity index (χ4n) is 1.92. The second kappa shape index (κ2) is 6.79. The maximum absolute atomic E-state index is 12.3. The summed E-state index contributed by atoms with van der Waals surface area (Å²) in [5, 5.41) is 6.35. The van der Waals surface area contributed by atoms with Gasteiger partial charge in [0.05, 0.1) is 10.9 Å². The average molecular weight is 309 g/mol. The van der Waals surface area contributed by atoms with Crippen LogP contribution in [0.15, 0.2) is 35.5 Å². The molecule has 1 heterocycles. The topological polar surface area (TPSA) is 114 Å². The summed E-state index contributed by atoms with van der Waals surface area (Å²) in [4.78, 5) is 4.16. The lowest BCUT2D eigenvalue weighted by Gasteiger charge is -2.12. The number of sulfonamides is 1. The third-order valence-electron chi connectivity index (χ3n) is 3.08. The lowest BCUT2D eigenvalue weighted by Crippen LogP contribution is -2.27. The Labute approximate surface area is 124 Å². The Morgan fingerprint density at radius 3 is 2.62 bits per heavy atom. The van der Waals surface area contributed by atoms with Gasteiger partial charge in [-0.1, -0.05) is 12.1 Å². The molecule has 0 fully saturated rings. The number of aryl methyl sites for hydroxylation is 1. The Kier molecular flexibility index (Phi) is 5.05. The minimum absolute atomic E-state index is 0.227. The van der Waals surface area contributed by atoms with E-state index in [0.29, 0.717) is 12.4 Å². The Bertz CT molecular complexity index is 652. The number of H-pyrrole nitrogens is 1. The zero-order valence-electron chi connectivity index (χ0n) is 11.8. The molecule has 0 amide bonds. The summed E-state index contributed by atoms with van der Waals surface area (Å²) in [7, 11) is -3.59. The molecule has 4 N–H and O–H groups in total. The molecular weight excluding hydrogens is 290 g/mol. The minimum Gasteiger partial charge on any atom is -0.330 e. The fraction of sp³-hybridized carbons (Fsp3) is 0.385. The van der Waals surface area contributed by atoms with E-state index < -0.39 is 16.1 Å². The number of hydrogen-bond donors (Lipinski definition) is 3. The van der Waals surface area contributed by atoms with Crippen molar-refractivity contribution < 1.29 is 8.42 Å². The van der Waals surface area contributed by atoms with Crippen LogP contribution in [0.2, 0.25) is 0 Å². The third-order valence-corrected chi connectivity index (χ3v) is 4.64. The highest BCUT2D eigenvalue weighted by molar-refractivity contribution is 7.89. The minimum atomic E-state index is -3.59. The number of nitrogens with two attached hydrogens (primary N) is 1. The van der Waals surface area contributed by atoms with Gasteiger partial charge < -0.3 is 5.73 Å². The maximum Gasteiger partial charge on any atom is 0.241 e. The summed E-state index contributed by atoms with van der Waals surface area (Å²) in [5.41, 5.74) is 6.53. The third kappa shape index (κ3) is 4.10. The molecular formula is C13H19N5O2S. The summed E-state index contributed by atoms with van der Waals surface area (Å²) in [6.45, 7) is 2.32. The Balaban J connectivity index is 2.08. The SMILES string of the molecule is CC(NS(=O)(=O)c1ccc(CCCN)cc1)c1ncn[nH]1. The maximum atomic E-state index is 12.3. The molecule has 8 heteroatoms. The monoisotopic (exact) mass is 309 g/mol. The molecule has 1 unspecified atom stereocenters. The Morgan fingerprint density at radius 1 is 1.33 bits per heavy atom. The van der Waals surface area contributed by atoms with E-state index in [-0.39, 0.29) is 4.90 Å². The van der Waals surface area contributed by atoms with E-state index in [0.717, 1.165) is 18.4 Å². The molecule has 0 aliphatic carbocycles. The number of aromatic nitrogens is 3. The van der Waals surface area contributed by atoms with Crippen LogP contribution < -0.4 is 10.5 Å². The highest BCUT2D eigenvalue weighted by Crippen LogP contribution is 2.15. The molecule has 2 aromatic rings. The van der Waals surface area contributed by atoms with Crippen molar-refractivity contribution in [1.29, 1.82) is 0 Å². The molecule has 0 saturated heterocycles. The fourth-order valence-corrected chi connectivity index (χ4v) is 3.13. The smallest absolute Gasteiger partial charge is 0.241 e. The summed E-state index contributed by atoms with van der Waals surface area (Å²) < 4.78 is 27.1. The molecule has 0 radical (unpaired) electrons. The number of benzene rings is 1. The van der Waals surface area contributed by atoms with Crippen molar-refractivity contribution in [3.63, 3.8) is 0 Å². The number of rotatable bonds is 7. The largest absolute Gasteiger partial charge is 0.330 e. The van der Waals surface area contributed by atoms with Crippen molar-refractivity contribution in [3.8, 4) is 0 Å². The van der Waals surface area contributed by atoms with Crippen LogP contribution in [0.3, 0.4) is 0 Å². The highest BCUT2D eigenvalue weighted by Gasteiger charge is 2.19. The molecule has 0 spiro atoms. The van der Waals surface area contributed by atoms with Crippen molar-refractivity contribution in [2.75, 3.05) is 6.54 Å². The molecule has 2 rings (SSSR count). The van der Waals surface area contributed by atoms with Gasteiger partial charge in [-0.3, -0.25) is 5.10 Å². The van der Waals surface area contributed by atoms with Gasteiger partial charge in [0.1, 0.15) is 12.2 Å². The average Bonchev–Trinajstić information content (AvgIpc) is 2.99. The van der Waals surface area contributed by atoms with Crippen molar-refractivity contribution in [3.05, 3.63) is 42.0 Å². The Morgan fingerprint density at radius 2 is 2.05 bits per heavy atom. The van der Waals surface area contributed by atoms with Crippen molar-refractivity contribution in [2.45, 2.75) is 30.7 Å². The Hall–Kier alpha value is -1.77. The van der Waals surface area contributed by atoms with Gasteiger partial charge in [0.2, 0.25) is 10.0 Å². The van der Waals surface area contributed by atoms with E-state index in [4.69, 9.17) is 5.73 Å². The molecule has 1 atom stereocenters. The van der Waals surface area contributed by atoms with E-state index in [2.05, 4.69) is 19.9 Å². The highest BCUT2D eigenvalue weighted by atomic mass is 32.2. The predicted octanol–water partition coefficient (Wildman–Crippen LogP) is 0.735. The van der Waals surface area contributed by atoms with Gasteiger partial charge in [-0.15, -0.1) is 0 Å². The second-order valence-electron chi connectivity index (χ2n) is 4.75. The molecule has 7 nitrogen and oxygen atoms in total. The number of aromatic amines is 1. The van der Waals surface area contributed by atoms with Crippen LogP contribution in [0.4, 0.5) is 0 Å². The molecule has 0 saturated carbocycles. The number of nitrogens with one attached hydrogen (secondary N) is 2. The van der Waals surface area contributed by atoms with Gasteiger partial charge in [0, 0.05) is 0 Å². The van der Waals surface area contributed by atoms with Crippen LogP contribution in [-0.2, 0) is 16.4 Å². The number of nitrogens with zero attached hydrogens (tertiary/aromatic N) is 2. The molecule has 1 aromatic heterocycles. The first-order valence-corrected chi connectivity index (χ1v) is 8.18. The van der Waals surface area contributed by atoms with Gasteiger partial charge >= 0.3 is 0 Å². The van der Waals surface area contributed by atoms with Gasteiger partial charge in [-0.05, 0) is 44.0 Å². The standard InChI is InChI=1S/C13H19N5O2S/c1-10(13-15-9-16-17-13)18-21(19,20)12-6-4-11(5-7-12)3-2-8-14/h4-7,9-10,18H,2-3,8,14H2,1H3,(H,15,16,17). The van der Waals surface area contributed by atoms with Crippen LogP contribution in [0.25, 0.3) is 0 Å². The second-order valence-corrected chi connectivity index (χ2v) is 6.46. The van der Waals surface area contributed by atoms with Crippen LogP contribution >= 0.6 is 0 Å². The zero-order valence-corrected chi connectivity index (χ0v) is 12.6. The van der Waals surface area contributed by atoms with Crippen molar-refractivity contribution in [2.24, 2.45) is 5.73 Å². The van der Waals surface area contributed by atoms with Crippen LogP contribution in [-0.4, -0.2) is 30.1 Å². The molecule has 0 bridgehead atoms. The van der Waals surface area contributed by atoms with E-state index >= 15 is 0 Å². The summed E-state index contributed by atoms with van der Waals surface area (Å²) in [6, 6.07) is 6.34. The van der Waals surface area contributed by atoms with E-state index in [1.807, 2.05) is 12.1 Å². The van der Waals surface area contributed by atoms with E-state index in [9.17, 15) is 8.42 Å². The van der Waals surface area contributed by atoms with E-state index in [1.165, 1.54) is 6.33 Å². The lowest BCUT2D eigenvalue weighted by molar-refractivity contribution is 0.560. The molecule has 0 aliphatic heterocycles. The quantitative estimate of drug-likeness (QED) is 0.698. The van der Waals surface area contributed by atoms with Crippen LogP contribution in [0, 0.1) is 0 Å². The predicted molar refractivity (Wildman–Crippen MR) is 78.9 cm³/mol. The van der Waals surface area contributed by atoms with Gasteiger partial charge in [-0.25, -0.2) is 18.1 Å². The first-order valence-electron chi connectivity index (χ1n) is 6.69. The first kappa shape index (κ1) is 15.6. The summed E-state index contributed by atoms with van der Waals surface area (Å²) in [5.74, 6) is 0.471. The molecule has 114 valence electrons. The summed E-state index contributed by atoms with van der Waals surface area (Å²) in [6.07, 6.45) is 3.07. The van der Waals surface area contributed by atoms with Gasteiger partial charge in [-0.2, -0.15) is 5.10 Å². The van der Waals surface area contributed by atoms with Crippen LogP contribution in [0.5, 0.6) is 0 Å². The number of hydrogen-bond acceptors (Lipinski definition) is 5. The van der Waals surface area contributed by atoms with E-state index in [1.54, 1.807) is 19.1 Å². The zero-order chi connectivity index (χ0) is 15.3. The molecule has 1 aromatic carbocycles. The normalized spacial score (nSPS) is 13.2. The van der Waals surface area contributed by atoms with Gasteiger partial charge in [0.15, 0.2) is 0 Å².